The Morgan fingerprint density at radius 3 is 2.93 bits per heavy atom. The summed E-state index contributed by atoms with van der Waals surface area (Å²) in [4.78, 5) is 0. The largest absolute Gasteiger partial charge is 0.392 e. The molecule has 14 heavy (non-hydrogen) atoms. The molecule has 0 aliphatic rings. The number of aliphatic hydroxyl groups is 1. The summed E-state index contributed by atoms with van der Waals surface area (Å²) in [6, 6.07) is 7.40. The molecule has 0 aromatic heterocycles. The number of hydrogen-bond acceptors (Lipinski definition) is 2. The van der Waals surface area contributed by atoms with Gasteiger partial charge in [-0.25, -0.2) is 0 Å². The average molecular weight is 208 g/mol. The molecule has 2 nitrogen and oxygen atoms in total. The fourth-order valence-electron chi connectivity index (χ4n) is 1.07. The molecule has 0 heterocycles. The van der Waals surface area contributed by atoms with Gasteiger partial charge in [0.2, 0.25) is 0 Å². The van der Waals surface area contributed by atoms with E-state index in [1.54, 1.807) is 18.2 Å². The van der Waals surface area contributed by atoms with Gasteiger partial charge in [-0.1, -0.05) is 29.8 Å². The zero-order valence-corrected chi connectivity index (χ0v) is 8.33. The monoisotopic (exact) mass is 207 g/mol. The Morgan fingerprint density at radius 1 is 1.50 bits per heavy atom. The Balaban J connectivity index is 2.85. The molecule has 0 fully saturated rings. The van der Waals surface area contributed by atoms with Crippen LogP contribution < -0.4 is 0 Å². The first-order chi connectivity index (χ1) is 6.77. The lowest BCUT2D eigenvalue weighted by molar-refractivity contribution is 0.282. The van der Waals surface area contributed by atoms with Crippen LogP contribution in [0.1, 0.15) is 17.5 Å². The van der Waals surface area contributed by atoms with Crippen LogP contribution in [0.5, 0.6) is 0 Å². The van der Waals surface area contributed by atoms with Crippen molar-refractivity contribution in [1.29, 1.82) is 5.26 Å². The van der Waals surface area contributed by atoms with E-state index < -0.39 is 0 Å². The van der Waals surface area contributed by atoms with Crippen LogP contribution in [0.4, 0.5) is 0 Å². The number of rotatable bonds is 3. The predicted octanol–water partition coefficient (Wildman–Crippen LogP) is 2.76. The first-order valence-corrected chi connectivity index (χ1v) is 4.58. The van der Waals surface area contributed by atoms with Gasteiger partial charge in [-0.2, -0.15) is 5.26 Å². The molecule has 0 aliphatic carbocycles. The maximum atomic E-state index is 8.95. The van der Waals surface area contributed by atoms with E-state index in [0.29, 0.717) is 17.0 Å². The molecule has 0 saturated carbocycles. The summed E-state index contributed by atoms with van der Waals surface area (Å²) in [5.74, 6) is 0. The molecule has 0 unspecified atom stereocenters. The Bertz CT molecular complexity index is 379. The van der Waals surface area contributed by atoms with Gasteiger partial charge in [-0.15, -0.1) is 0 Å². The minimum Gasteiger partial charge on any atom is -0.392 e. The molecule has 1 rings (SSSR count). The van der Waals surface area contributed by atoms with Crippen molar-refractivity contribution >= 4 is 17.7 Å². The molecule has 0 spiro atoms. The van der Waals surface area contributed by atoms with Crippen molar-refractivity contribution in [1.82, 2.24) is 0 Å². The smallest absolute Gasteiger partial charge is 0.0696 e. The number of aliphatic hydroxyl groups excluding tert-OH is 1. The second-order valence-corrected chi connectivity index (χ2v) is 3.18. The van der Waals surface area contributed by atoms with Gasteiger partial charge < -0.3 is 5.11 Å². The Kier molecular flexibility index (Phi) is 4.18. The summed E-state index contributed by atoms with van der Waals surface area (Å²) in [7, 11) is 0. The molecular formula is C11H10ClNO. The van der Waals surface area contributed by atoms with Crippen LogP contribution in [-0.2, 0) is 6.61 Å². The van der Waals surface area contributed by atoms with Crippen LogP contribution in [0.3, 0.4) is 0 Å². The van der Waals surface area contributed by atoms with Crippen molar-refractivity contribution in [3.63, 3.8) is 0 Å². The van der Waals surface area contributed by atoms with Gasteiger partial charge in [0.1, 0.15) is 0 Å². The fraction of sp³-hybridized carbons (Fsp3) is 0.182. The summed E-state index contributed by atoms with van der Waals surface area (Å²) in [5, 5.41) is 17.8. The molecule has 0 amide bonds. The normalized spacial score (nSPS) is 10.4. The van der Waals surface area contributed by atoms with Crippen molar-refractivity contribution in [3.05, 3.63) is 40.4 Å². The number of halogens is 1. The molecule has 0 aliphatic heterocycles. The Morgan fingerprint density at radius 2 is 2.29 bits per heavy atom. The molecule has 0 saturated heterocycles. The van der Waals surface area contributed by atoms with Gasteiger partial charge in [-0.05, 0) is 23.3 Å². The SMILES string of the molecule is N#CCC=Cc1ccc(Cl)c(CO)c1. The first-order valence-electron chi connectivity index (χ1n) is 4.20. The first kappa shape index (κ1) is 10.8. The molecule has 0 atom stereocenters. The molecule has 72 valence electrons. The number of nitrogens with zero attached hydrogens (tertiary/aromatic N) is 1. The fourth-order valence-corrected chi connectivity index (χ4v) is 1.24. The standard InChI is InChI=1S/C11H10ClNO/c12-11-5-4-9(3-1-2-6-13)7-10(11)8-14/h1,3-5,7,14H,2,8H2. The predicted molar refractivity (Wildman–Crippen MR) is 56.6 cm³/mol. The lowest BCUT2D eigenvalue weighted by Gasteiger charge is -2.01. The zero-order chi connectivity index (χ0) is 10.4. The van der Waals surface area contributed by atoms with Crippen molar-refractivity contribution in [2.45, 2.75) is 13.0 Å². The van der Waals surface area contributed by atoms with Gasteiger partial charge in [0.25, 0.3) is 0 Å². The van der Waals surface area contributed by atoms with E-state index in [1.165, 1.54) is 0 Å². The Hall–Kier alpha value is -1.30. The van der Waals surface area contributed by atoms with E-state index in [0.717, 1.165) is 5.56 Å². The van der Waals surface area contributed by atoms with E-state index in [2.05, 4.69) is 0 Å². The molecule has 1 N–H and O–H groups in total. The van der Waals surface area contributed by atoms with Crippen LogP contribution in [0.2, 0.25) is 5.02 Å². The topological polar surface area (TPSA) is 44.0 Å². The summed E-state index contributed by atoms with van der Waals surface area (Å²) in [6.45, 7) is -0.0707. The minimum absolute atomic E-state index is 0.0707. The molecule has 0 bridgehead atoms. The van der Waals surface area contributed by atoms with Gasteiger partial charge in [0.05, 0.1) is 19.1 Å². The maximum Gasteiger partial charge on any atom is 0.0696 e. The molecular weight excluding hydrogens is 198 g/mol. The van der Waals surface area contributed by atoms with Crippen LogP contribution in [0.15, 0.2) is 24.3 Å². The third kappa shape index (κ3) is 2.88. The summed E-state index contributed by atoms with van der Waals surface area (Å²) >= 11 is 5.82. The second-order valence-electron chi connectivity index (χ2n) is 2.77. The highest BCUT2D eigenvalue weighted by Gasteiger charge is 1.98. The number of nitriles is 1. The van der Waals surface area contributed by atoms with Crippen molar-refractivity contribution in [2.75, 3.05) is 0 Å². The van der Waals surface area contributed by atoms with Gasteiger partial charge in [0, 0.05) is 5.02 Å². The summed E-state index contributed by atoms with van der Waals surface area (Å²) < 4.78 is 0. The van der Waals surface area contributed by atoms with Crippen LogP contribution >= 0.6 is 11.6 Å². The van der Waals surface area contributed by atoms with Crippen LogP contribution in [-0.4, -0.2) is 5.11 Å². The highest BCUT2D eigenvalue weighted by molar-refractivity contribution is 6.31. The van der Waals surface area contributed by atoms with Crippen LogP contribution in [0.25, 0.3) is 6.08 Å². The lowest BCUT2D eigenvalue weighted by Crippen LogP contribution is -1.85. The third-order valence-electron chi connectivity index (χ3n) is 1.76. The van der Waals surface area contributed by atoms with E-state index in [1.807, 2.05) is 18.2 Å². The van der Waals surface area contributed by atoms with E-state index in [4.69, 9.17) is 22.0 Å². The molecule has 1 aromatic carbocycles. The average Bonchev–Trinajstić information content (AvgIpc) is 2.21. The summed E-state index contributed by atoms with van der Waals surface area (Å²) in [5.41, 5.74) is 1.64. The number of hydrogen-bond donors (Lipinski definition) is 1. The highest BCUT2D eigenvalue weighted by atomic mass is 35.5. The van der Waals surface area contributed by atoms with Crippen molar-refractivity contribution < 1.29 is 5.11 Å². The van der Waals surface area contributed by atoms with E-state index >= 15 is 0 Å². The van der Waals surface area contributed by atoms with E-state index in [-0.39, 0.29) is 6.61 Å². The molecule has 3 heteroatoms. The lowest BCUT2D eigenvalue weighted by atomic mass is 10.1. The molecule has 0 radical (unpaired) electrons. The van der Waals surface area contributed by atoms with Gasteiger partial charge >= 0.3 is 0 Å². The second kappa shape index (κ2) is 5.43. The van der Waals surface area contributed by atoms with Crippen LogP contribution in [0, 0.1) is 11.3 Å². The van der Waals surface area contributed by atoms with Crippen molar-refractivity contribution in [2.24, 2.45) is 0 Å². The molecule has 1 aromatic rings. The zero-order valence-electron chi connectivity index (χ0n) is 7.57. The van der Waals surface area contributed by atoms with Gasteiger partial charge in [0.15, 0.2) is 0 Å². The third-order valence-corrected chi connectivity index (χ3v) is 2.13. The van der Waals surface area contributed by atoms with E-state index in [9.17, 15) is 0 Å². The highest BCUT2D eigenvalue weighted by Crippen LogP contribution is 2.18. The van der Waals surface area contributed by atoms with Crippen molar-refractivity contribution in [3.8, 4) is 6.07 Å². The number of allylic oxidation sites excluding steroid dienone is 1. The maximum absolute atomic E-state index is 8.95. The quantitative estimate of drug-likeness (QED) is 0.829. The number of benzene rings is 1. The Labute approximate surface area is 88.1 Å². The van der Waals surface area contributed by atoms with Gasteiger partial charge in [-0.3, -0.25) is 0 Å². The minimum atomic E-state index is -0.0707. The summed E-state index contributed by atoms with van der Waals surface area (Å²) in [6.07, 6.45) is 3.99.